The van der Waals surface area contributed by atoms with Crippen molar-refractivity contribution >= 4 is 29.0 Å². The van der Waals surface area contributed by atoms with Gasteiger partial charge in [-0.2, -0.15) is 0 Å². The zero-order chi connectivity index (χ0) is 26.8. The molecule has 198 valence electrons. The van der Waals surface area contributed by atoms with Crippen LogP contribution in [-0.4, -0.2) is 33.8 Å². The molecule has 2 aromatic heterocycles. The number of carbonyl (C=O) groups excluding carboxylic acids is 1. The van der Waals surface area contributed by atoms with E-state index in [2.05, 4.69) is 38.0 Å². The van der Waals surface area contributed by atoms with Gasteiger partial charge in [-0.1, -0.05) is 6.07 Å². The standard InChI is InChI=1S/C31H30N4O3S/c1-37-30(36)21-11-13-22(14-12-21)34-20-6-10-27(34)29-28(26-9-4-5-19-32-26)33-31(39)35(29)23-15-17-25(18-16-23)38-24-7-2-3-8-24/h4-6,9-20,24,28-29H,2-3,7-8H2,1H3,(H,33,39)/t28-,29-/m1/s1. The van der Waals surface area contributed by atoms with Gasteiger partial charge in [-0.25, -0.2) is 4.79 Å². The van der Waals surface area contributed by atoms with Crippen LogP contribution in [0.3, 0.4) is 0 Å². The van der Waals surface area contributed by atoms with Gasteiger partial charge in [0.05, 0.1) is 30.5 Å². The van der Waals surface area contributed by atoms with E-state index in [0.29, 0.717) is 16.8 Å². The van der Waals surface area contributed by atoms with Crippen molar-refractivity contribution in [3.8, 4) is 11.4 Å². The fourth-order valence-corrected chi connectivity index (χ4v) is 5.91. The number of benzene rings is 2. The van der Waals surface area contributed by atoms with Gasteiger partial charge >= 0.3 is 5.97 Å². The molecule has 39 heavy (non-hydrogen) atoms. The summed E-state index contributed by atoms with van der Waals surface area (Å²) in [6.07, 6.45) is 8.84. The normalized spacial score (nSPS) is 19.2. The lowest BCUT2D eigenvalue weighted by molar-refractivity contribution is 0.0600. The van der Waals surface area contributed by atoms with Crippen LogP contribution < -0.4 is 15.0 Å². The number of hydrogen-bond acceptors (Lipinski definition) is 5. The summed E-state index contributed by atoms with van der Waals surface area (Å²) in [4.78, 5) is 18.8. The molecular weight excluding hydrogens is 508 g/mol. The molecule has 0 unspecified atom stereocenters. The van der Waals surface area contributed by atoms with E-state index >= 15 is 0 Å². The molecule has 2 atom stereocenters. The molecule has 3 heterocycles. The lowest BCUT2D eigenvalue weighted by Gasteiger charge is -2.29. The van der Waals surface area contributed by atoms with E-state index in [0.717, 1.165) is 41.4 Å². The van der Waals surface area contributed by atoms with E-state index in [1.54, 1.807) is 18.3 Å². The molecule has 1 aliphatic heterocycles. The molecule has 2 fully saturated rings. The van der Waals surface area contributed by atoms with E-state index < -0.39 is 0 Å². The van der Waals surface area contributed by atoms with E-state index in [1.165, 1.54) is 20.0 Å². The molecule has 4 aromatic rings. The van der Waals surface area contributed by atoms with Crippen molar-refractivity contribution in [2.75, 3.05) is 12.0 Å². The number of nitrogens with zero attached hydrogens (tertiary/aromatic N) is 3. The summed E-state index contributed by atoms with van der Waals surface area (Å²) in [5, 5.41) is 4.16. The van der Waals surface area contributed by atoms with Crippen LogP contribution in [0.1, 0.15) is 59.5 Å². The number of nitrogens with one attached hydrogen (secondary N) is 1. The van der Waals surface area contributed by atoms with Crippen molar-refractivity contribution in [1.82, 2.24) is 14.9 Å². The van der Waals surface area contributed by atoms with Crippen molar-refractivity contribution < 1.29 is 14.3 Å². The molecule has 2 aliphatic rings. The van der Waals surface area contributed by atoms with Gasteiger partial charge in [-0.15, -0.1) is 0 Å². The highest BCUT2D eigenvalue weighted by Crippen LogP contribution is 2.42. The minimum absolute atomic E-state index is 0.170. The number of methoxy groups -OCH3 is 1. The Kier molecular flexibility index (Phi) is 7.02. The first-order valence-electron chi connectivity index (χ1n) is 13.3. The first-order valence-corrected chi connectivity index (χ1v) is 13.7. The summed E-state index contributed by atoms with van der Waals surface area (Å²) in [6.45, 7) is 0. The van der Waals surface area contributed by atoms with Crippen LogP contribution in [0.15, 0.2) is 91.3 Å². The first-order chi connectivity index (χ1) is 19.1. The van der Waals surface area contributed by atoms with Crippen LogP contribution in [0.4, 0.5) is 5.69 Å². The summed E-state index contributed by atoms with van der Waals surface area (Å²) in [5.74, 6) is 0.525. The van der Waals surface area contributed by atoms with Crippen LogP contribution in [0, 0.1) is 0 Å². The second-order valence-corrected chi connectivity index (χ2v) is 10.2. The van der Waals surface area contributed by atoms with Crippen molar-refractivity contribution in [2.45, 2.75) is 43.9 Å². The molecule has 6 rings (SSSR count). The van der Waals surface area contributed by atoms with Gasteiger partial charge in [-0.3, -0.25) is 4.98 Å². The summed E-state index contributed by atoms with van der Waals surface area (Å²) < 4.78 is 13.2. The van der Waals surface area contributed by atoms with E-state index in [-0.39, 0.29) is 18.1 Å². The van der Waals surface area contributed by atoms with E-state index in [4.69, 9.17) is 21.7 Å². The van der Waals surface area contributed by atoms with E-state index in [9.17, 15) is 4.79 Å². The molecular formula is C31H30N4O3S. The SMILES string of the molecule is COC(=O)c1ccc(-n2cccc2[C@@H]2[C@@H](c3ccccn3)NC(=S)N2c2ccc(OC3CCCC3)cc2)cc1. The van der Waals surface area contributed by atoms with Crippen molar-refractivity contribution in [2.24, 2.45) is 0 Å². The van der Waals surface area contributed by atoms with Crippen LogP contribution in [0.25, 0.3) is 5.69 Å². The van der Waals surface area contributed by atoms with Gasteiger partial charge in [0.2, 0.25) is 0 Å². The maximum Gasteiger partial charge on any atom is 0.337 e. The zero-order valence-electron chi connectivity index (χ0n) is 21.7. The number of esters is 1. The highest BCUT2D eigenvalue weighted by atomic mass is 32.1. The minimum atomic E-state index is -0.360. The molecule has 1 saturated carbocycles. The van der Waals surface area contributed by atoms with Gasteiger partial charge < -0.3 is 24.3 Å². The Morgan fingerprint density at radius 3 is 2.38 bits per heavy atom. The predicted molar refractivity (Wildman–Crippen MR) is 154 cm³/mol. The monoisotopic (exact) mass is 538 g/mol. The predicted octanol–water partition coefficient (Wildman–Crippen LogP) is 6.16. The maximum absolute atomic E-state index is 12.0. The Balaban J connectivity index is 1.37. The second-order valence-electron chi connectivity index (χ2n) is 9.86. The average molecular weight is 539 g/mol. The molecule has 8 heteroatoms. The molecule has 0 spiro atoms. The molecule has 0 radical (unpaired) electrons. The van der Waals surface area contributed by atoms with Crippen molar-refractivity contribution in [3.63, 3.8) is 0 Å². The topological polar surface area (TPSA) is 68.6 Å². The fraction of sp³-hybridized carbons (Fsp3) is 0.258. The Morgan fingerprint density at radius 1 is 0.949 bits per heavy atom. The molecule has 7 nitrogen and oxygen atoms in total. The third-order valence-electron chi connectivity index (χ3n) is 7.47. The Hall–Kier alpha value is -4.17. The number of aromatic nitrogens is 2. The van der Waals surface area contributed by atoms with Crippen LogP contribution in [0.2, 0.25) is 0 Å². The molecule has 2 aromatic carbocycles. The fourth-order valence-electron chi connectivity index (χ4n) is 5.56. The van der Waals surface area contributed by atoms with Gasteiger partial charge in [0.1, 0.15) is 11.8 Å². The summed E-state index contributed by atoms with van der Waals surface area (Å²) in [6, 6.07) is 25.3. The number of thiocarbonyl (C=S) groups is 1. The maximum atomic E-state index is 12.0. The summed E-state index contributed by atoms with van der Waals surface area (Å²) >= 11 is 5.91. The average Bonchev–Trinajstić information content (AvgIpc) is 3.74. The van der Waals surface area contributed by atoms with Gasteiger partial charge in [0.15, 0.2) is 5.11 Å². The zero-order valence-corrected chi connectivity index (χ0v) is 22.5. The largest absolute Gasteiger partial charge is 0.490 e. The number of anilines is 1. The Labute approximate surface area is 233 Å². The van der Waals surface area contributed by atoms with Crippen LogP contribution in [-0.2, 0) is 4.74 Å². The third kappa shape index (κ3) is 5.00. The second kappa shape index (κ2) is 10.9. The number of pyridine rings is 1. The van der Waals surface area contributed by atoms with Crippen molar-refractivity contribution in [1.29, 1.82) is 0 Å². The first kappa shape index (κ1) is 25.1. The minimum Gasteiger partial charge on any atom is -0.490 e. The Bertz CT molecular complexity index is 1450. The number of hydrogen-bond donors (Lipinski definition) is 1. The highest BCUT2D eigenvalue weighted by Gasteiger charge is 2.42. The summed E-state index contributed by atoms with van der Waals surface area (Å²) in [5.41, 5.74) is 4.35. The van der Waals surface area contributed by atoms with Crippen LogP contribution in [0.5, 0.6) is 5.75 Å². The Morgan fingerprint density at radius 2 is 1.69 bits per heavy atom. The highest BCUT2D eigenvalue weighted by molar-refractivity contribution is 7.80. The van der Waals surface area contributed by atoms with Gasteiger partial charge in [0.25, 0.3) is 0 Å². The number of ether oxygens (including phenoxy) is 2. The molecule has 0 bridgehead atoms. The molecule has 0 amide bonds. The third-order valence-corrected chi connectivity index (χ3v) is 7.78. The van der Waals surface area contributed by atoms with Gasteiger partial charge in [-0.05, 0) is 111 Å². The lowest BCUT2D eigenvalue weighted by Crippen LogP contribution is -2.30. The summed E-state index contributed by atoms with van der Waals surface area (Å²) in [7, 11) is 1.38. The number of rotatable bonds is 7. The quantitative estimate of drug-likeness (QED) is 0.223. The van der Waals surface area contributed by atoms with Gasteiger partial charge in [0, 0.05) is 29.5 Å². The molecule has 1 saturated heterocycles. The van der Waals surface area contributed by atoms with Crippen molar-refractivity contribution in [3.05, 3.63) is 108 Å². The molecule has 1 N–H and O–H groups in total. The lowest BCUT2D eigenvalue weighted by atomic mass is 10.0. The number of carbonyl (C=O) groups is 1. The molecule has 1 aliphatic carbocycles. The smallest absolute Gasteiger partial charge is 0.337 e. The van der Waals surface area contributed by atoms with E-state index in [1.807, 2.05) is 54.7 Å². The van der Waals surface area contributed by atoms with Crippen LogP contribution >= 0.6 is 12.2 Å².